The third kappa shape index (κ3) is 3.19. The summed E-state index contributed by atoms with van der Waals surface area (Å²) in [6.45, 7) is 7.23. The largest absolute Gasteiger partial charge is 0.336 e. The minimum atomic E-state index is 0.0747. The molecule has 0 bridgehead atoms. The highest BCUT2D eigenvalue weighted by Gasteiger charge is 2.27. The van der Waals surface area contributed by atoms with Gasteiger partial charge in [-0.25, -0.2) is 0 Å². The normalized spacial score (nSPS) is 17.1. The van der Waals surface area contributed by atoms with E-state index in [1.54, 1.807) is 10.9 Å². The summed E-state index contributed by atoms with van der Waals surface area (Å²) in [5.41, 5.74) is 2.75. The van der Waals surface area contributed by atoms with Gasteiger partial charge >= 0.3 is 0 Å². The number of hydrogen-bond donors (Lipinski definition) is 0. The minimum Gasteiger partial charge on any atom is -0.336 e. The zero-order chi connectivity index (χ0) is 17.3. The van der Waals surface area contributed by atoms with Crippen LogP contribution < -0.4 is 0 Å². The molecule has 0 spiro atoms. The predicted molar refractivity (Wildman–Crippen MR) is 95.3 cm³/mol. The van der Waals surface area contributed by atoms with Gasteiger partial charge in [0.1, 0.15) is 0 Å². The molecular formula is C18H23ClN4O. The average Bonchev–Trinajstić information content (AvgIpc) is 2.93. The highest BCUT2D eigenvalue weighted by Crippen LogP contribution is 2.28. The van der Waals surface area contributed by atoms with Crippen LogP contribution in [-0.2, 0) is 7.05 Å². The number of benzene rings is 1. The molecule has 24 heavy (non-hydrogen) atoms. The summed E-state index contributed by atoms with van der Waals surface area (Å²) in [5, 5.41) is 4.97. The van der Waals surface area contributed by atoms with Gasteiger partial charge < -0.3 is 4.90 Å². The summed E-state index contributed by atoms with van der Waals surface area (Å²) in [6, 6.07) is 8.21. The predicted octanol–water partition coefficient (Wildman–Crippen LogP) is 2.90. The molecular weight excluding hydrogens is 324 g/mol. The van der Waals surface area contributed by atoms with Crippen molar-refractivity contribution in [1.82, 2.24) is 19.6 Å². The fraction of sp³-hybridized carbons (Fsp3) is 0.444. The zero-order valence-electron chi connectivity index (χ0n) is 14.4. The van der Waals surface area contributed by atoms with E-state index in [0.29, 0.717) is 5.56 Å². The molecule has 128 valence electrons. The Kier molecular flexibility index (Phi) is 4.92. The van der Waals surface area contributed by atoms with Crippen molar-refractivity contribution in [2.24, 2.45) is 7.05 Å². The molecule has 0 N–H and O–H groups in total. The molecule has 2 aromatic rings. The van der Waals surface area contributed by atoms with Crippen LogP contribution in [0.4, 0.5) is 0 Å². The summed E-state index contributed by atoms with van der Waals surface area (Å²) in [7, 11) is 1.86. The lowest BCUT2D eigenvalue weighted by Gasteiger charge is -2.38. The van der Waals surface area contributed by atoms with Gasteiger partial charge in [-0.15, -0.1) is 0 Å². The van der Waals surface area contributed by atoms with Crippen LogP contribution in [0.1, 0.15) is 34.6 Å². The van der Waals surface area contributed by atoms with Crippen LogP contribution in [0, 0.1) is 6.92 Å². The third-order valence-electron chi connectivity index (χ3n) is 4.97. The first-order valence-electron chi connectivity index (χ1n) is 8.25. The van der Waals surface area contributed by atoms with Gasteiger partial charge in [-0.2, -0.15) is 5.10 Å². The second-order valence-corrected chi connectivity index (χ2v) is 6.70. The number of nitrogens with zero attached hydrogens (tertiary/aromatic N) is 4. The van der Waals surface area contributed by atoms with E-state index in [1.165, 1.54) is 0 Å². The molecule has 3 rings (SSSR count). The summed E-state index contributed by atoms with van der Waals surface area (Å²) in [5.74, 6) is 0.0747. The number of hydrogen-bond acceptors (Lipinski definition) is 3. The van der Waals surface area contributed by atoms with Crippen molar-refractivity contribution in [3.63, 3.8) is 0 Å². The van der Waals surface area contributed by atoms with Gasteiger partial charge in [0.15, 0.2) is 0 Å². The maximum Gasteiger partial charge on any atom is 0.257 e. The van der Waals surface area contributed by atoms with Gasteiger partial charge in [0, 0.05) is 50.0 Å². The Bertz CT molecular complexity index is 734. The molecule has 1 amide bonds. The molecule has 2 heterocycles. The Labute approximate surface area is 147 Å². The fourth-order valence-corrected chi connectivity index (χ4v) is 3.50. The van der Waals surface area contributed by atoms with Crippen LogP contribution in [0.15, 0.2) is 30.5 Å². The molecule has 0 unspecified atom stereocenters. The van der Waals surface area contributed by atoms with Crippen molar-refractivity contribution < 1.29 is 4.79 Å². The molecule has 1 aliphatic heterocycles. The van der Waals surface area contributed by atoms with E-state index in [-0.39, 0.29) is 11.9 Å². The number of aromatic nitrogens is 2. The van der Waals surface area contributed by atoms with Crippen molar-refractivity contribution >= 4 is 17.5 Å². The Morgan fingerprint density at radius 2 is 1.88 bits per heavy atom. The zero-order valence-corrected chi connectivity index (χ0v) is 15.1. The van der Waals surface area contributed by atoms with E-state index in [2.05, 4.69) is 23.0 Å². The monoisotopic (exact) mass is 346 g/mol. The Hall–Kier alpha value is -1.85. The molecule has 1 aromatic carbocycles. The highest BCUT2D eigenvalue weighted by molar-refractivity contribution is 6.31. The lowest BCUT2D eigenvalue weighted by Crippen LogP contribution is -2.49. The van der Waals surface area contributed by atoms with E-state index in [0.717, 1.165) is 42.5 Å². The van der Waals surface area contributed by atoms with Crippen molar-refractivity contribution in [2.45, 2.75) is 19.9 Å². The Morgan fingerprint density at radius 1 is 1.21 bits per heavy atom. The maximum atomic E-state index is 12.7. The van der Waals surface area contributed by atoms with Gasteiger partial charge in [0.2, 0.25) is 0 Å². The van der Waals surface area contributed by atoms with Crippen LogP contribution in [0.2, 0.25) is 5.02 Å². The van der Waals surface area contributed by atoms with E-state index in [4.69, 9.17) is 11.6 Å². The second kappa shape index (κ2) is 6.95. The lowest BCUT2D eigenvalue weighted by atomic mass is 10.1. The number of carbonyl (C=O) groups excluding carboxylic acids is 1. The summed E-state index contributed by atoms with van der Waals surface area (Å²) < 4.78 is 1.74. The number of rotatable bonds is 3. The molecule has 5 nitrogen and oxygen atoms in total. The van der Waals surface area contributed by atoms with Crippen molar-refractivity contribution in [1.29, 1.82) is 0 Å². The van der Waals surface area contributed by atoms with Gasteiger partial charge in [0.05, 0.1) is 11.8 Å². The van der Waals surface area contributed by atoms with Crippen LogP contribution in [-0.4, -0.2) is 51.7 Å². The SMILES string of the molecule is Cc1c(C(=O)N2CCN([C@@H](C)c3ccccc3Cl)CC2)cnn1C. The third-order valence-corrected chi connectivity index (χ3v) is 5.31. The van der Waals surface area contributed by atoms with Crippen molar-refractivity contribution in [3.8, 4) is 0 Å². The molecule has 0 aliphatic carbocycles. The highest BCUT2D eigenvalue weighted by atomic mass is 35.5. The number of amides is 1. The Morgan fingerprint density at radius 3 is 2.46 bits per heavy atom. The van der Waals surface area contributed by atoms with E-state index in [9.17, 15) is 4.79 Å². The number of aryl methyl sites for hydroxylation is 1. The lowest BCUT2D eigenvalue weighted by molar-refractivity contribution is 0.0581. The van der Waals surface area contributed by atoms with Gasteiger partial charge in [-0.1, -0.05) is 29.8 Å². The first-order chi connectivity index (χ1) is 11.5. The van der Waals surface area contributed by atoms with Gasteiger partial charge in [-0.3, -0.25) is 14.4 Å². The second-order valence-electron chi connectivity index (χ2n) is 6.29. The molecule has 6 heteroatoms. The van der Waals surface area contributed by atoms with Gasteiger partial charge in [0.25, 0.3) is 5.91 Å². The van der Waals surface area contributed by atoms with Crippen molar-refractivity contribution in [2.75, 3.05) is 26.2 Å². The van der Waals surface area contributed by atoms with Crippen LogP contribution >= 0.6 is 11.6 Å². The maximum absolute atomic E-state index is 12.7. The molecule has 1 saturated heterocycles. The van der Waals surface area contributed by atoms with E-state index < -0.39 is 0 Å². The molecule has 1 aromatic heterocycles. The van der Waals surface area contributed by atoms with E-state index >= 15 is 0 Å². The summed E-state index contributed by atoms with van der Waals surface area (Å²) >= 11 is 6.32. The quantitative estimate of drug-likeness (QED) is 0.858. The molecule has 1 aliphatic rings. The van der Waals surface area contributed by atoms with Crippen LogP contribution in [0.25, 0.3) is 0 Å². The number of carbonyl (C=O) groups is 1. The Balaban J connectivity index is 1.64. The fourth-order valence-electron chi connectivity index (χ4n) is 3.20. The van der Waals surface area contributed by atoms with Crippen LogP contribution in [0.5, 0.6) is 0 Å². The minimum absolute atomic E-state index is 0.0747. The average molecular weight is 347 g/mol. The molecule has 1 atom stereocenters. The number of halogens is 1. The molecule has 0 radical (unpaired) electrons. The topological polar surface area (TPSA) is 41.4 Å². The number of piperazine rings is 1. The first-order valence-corrected chi connectivity index (χ1v) is 8.63. The first kappa shape index (κ1) is 17.0. The standard InChI is InChI=1S/C18H23ClN4O/c1-13-16(12-20-21(13)3)18(24)23-10-8-22(9-11-23)14(2)15-6-4-5-7-17(15)19/h4-7,12,14H,8-11H2,1-3H3/t14-/m0/s1. The van der Waals surface area contributed by atoms with Gasteiger partial charge in [-0.05, 0) is 25.5 Å². The molecule has 1 fully saturated rings. The van der Waals surface area contributed by atoms with Crippen molar-refractivity contribution in [3.05, 3.63) is 52.3 Å². The van der Waals surface area contributed by atoms with Crippen LogP contribution in [0.3, 0.4) is 0 Å². The summed E-state index contributed by atoms with van der Waals surface area (Å²) in [4.78, 5) is 17.0. The molecule has 0 saturated carbocycles. The smallest absolute Gasteiger partial charge is 0.257 e. The summed E-state index contributed by atoms with van der Waals surface area (Å²) in [6.07, 6.45) is 1.66. The van der Waals surface area contributed by atoms with E-state index in [1.807, 2.05) is 37.1 Å².